The number of carbonyl (C=O) groups is 1. The van der Waals surface area contributed by atoms with Crippen LogP contribution in [0, 0.1) is 13.8 Å². The quantitative estimate of drug-likeness (QED) is 0.433. The molecular weight excluding hydrogens is 480 g/mol. The number of rotatable bonds is 9. The van der Waals surface area contributed by atoms with Gasteiger partial charge in [0.1, 0.15) is 15.6 Å². The van der Waals surface area contributed by atoms with Gasteiger partial charge >= 0.3 is 0 Å². The second-order valence-corrected chi connectivity index (χ2v) is 9.62. The molecule has 0 fully saturated rings. The van der Waals surface area contributed by atoms with Crippen LogP contribution < -0.4 is 18.9 Å². The van der Waals surface area contributed by atoms with Crippen molar-refractivity contribution in [3.63, 3.8) is 0 Å². The molecule has 1 aromatic carbocycles. The summed E-state index contributed by atoms with van der Waals surface area (Å²) in [4.78, 5) is 13.0. The standard InChI is InChI=1S/C20H21ClN2O7S2/c1-10-8-14(27-3)18(29-5)17(28-4)12(10)9-13(24)19-15(6-7-31-19)32(25,26)23-20-16(21)11(2)22-30-20/h6-8,23H,9H2,1-5H3. The molecule has 0 bridgehead atoms. The first-order valence-corrected chi connectivity index (χ1v) is 11.9. The molecule has 32 heavy (non-hydrogen) atoms. The minimum atomic E-state index is -4.15. The topological polar surface area (TPSA) is 117 Å². The van der Waals surface area contributed by atoms with Crippen molar-refractivity contribution in [2.24, 2.45) is 0 Å². The van der Waals surface area contributed by atoms with Crippen molar-refractivity contribution in [2.75, 3.05) is 26.1 Å². The Morgan fingerprint density at radius 2 is 1.88 bits per heavy atom. The molecule has 172 valence electrons. The van der Waals surface area contributed by atoms with E-state index in [-0.39, 0.29) is 27.1 Å². The number of nitrogens with zero attached hydrogens (tertiary/aromatic N) is 1. The number of aromatic nitrogens is 1. The molecule has 0 amide bonds. The molecule has 0 spiro atoms. The van der Waals surface area contributed by atoms with Crippen LogP contribution in [-0.4, -0.2) is 40.7 Å². The molecule has 3 rings (SSSR count). The number of benzene rings is 1. The van der Waals surface area contributed by atoms with Gasteiger partial charge in [-0.05, 0) is 36.9 Å². The van der Waals surface area contributed by atoms with Gasteiger partial charge in [-0.3, -0.25) is 4.79 Å². The summed E-state index contributed by atoms with van der Waals surface area (Å²) in [5.41, 5.74) is 1.63. The molecule has 3 aromatic rings. The molecule has 12 heteroatoms. The number of thiophene rings is 1. The van der Waals surface area contributed by atoms with Crippen molar-refractivity contribution in [3.8, 4) is 17.2 Å². The van der Waals surface area contributed by atoms with Gasteiger partial charge in [0, 0.05) is 12.0 Å². The minimum Gasteiger partial charge on any atom is -0.493 e. The second-order valence-electron chi connectivity index (χ2n) is 6.67. The number of ketones is 1. The Bertz CT molecular complexity index is 1270. The van der Waals surface area contributed by atoms with Gasteiger partial charge in [-0.25, -0.2) is 13.1 Å². The zero-order valence-electron chi connectivity index (χ0n) is 17.9. The Kier molecular flexibility index (Phi) is 7.01. The van der Waals surface area contributed by atoms with E-state index in [2.05, 4.69) is 9.88 Å². The molecule has 2 heterocycles. The smallest absolute Gasteiger partial charge is 0.265 e. The lowest BCUT2D eigenvalue weighted by Crippen LogP contribution is -2.16. The number of aryl methyl sites for hydroxylation is 2. The molecule has 0 aliphatic carbocycles. The lowest BCUT2D eigenvalue weighted by molar-refractivity contribution is 0.0992. The molecule has 0 saturated carbocycles. The van der Waals surface area contributed by atoms with Gasteiger partial charge in [0.15, 0.2) is 17.3 Å². The Balaban J connectivity index is 1.97. The van der Waals surface area contributed by atoms with Crippen molar-refractivity contribution < 1.29 is 31.9 Å². The fourth-order valence-corrected chi connectivity index (χ4v) is 5.67. The van der Waals surface area contributed by atoms with Gasteiger partial charge in [0.25, 0.3) is 15.9 Å². The van der Waals surface area contributed by atoms with Gasteiger partial charge in [-0.2, -0.15) is 0 Å². The molecule has 1 N–H and O–H groups in total. The van der Waals surface area contributed by atoms with Crippen molar-refractivity contribution in [3.05, 3.63) is 44.2 Å². The fraction of sp³-hybridized carbons (Fsp3) is 0.300. The largest absolute Gasteiger partial charge is 0.493 e. The minimum absolute atomic E-state index is 0.0439. The summed E-state index contributed by atoms with van der Waals surface area (Å²) < 4.78 is 49.2. The number of halogens is 1. The highest BCUT2D eigenvalue weighted by Crippen LogP contribution is 2.42. The van der Waals surface area contributed by atoms with Gasteiger partial charge in [0.2, 0.25) is 5.75 Å². The molecule has 0 saturated heterocycles. The lowest BCUT2D eigenvalue weighted by Gasteiger charge is -2.18. The highest BCUT2D eigenvalue weighted by Gasteiger charge is 2.28. The third-order valence-corrected chi connectivity index (χ3v) is 7.59. The maximum absolute atomic E-state index is 13.2. The number of sulfonamides is 1. The van der Waals surface area contributed by atoms with Crippen LogP contribution in [0.15, 0.2) is 26.9 Å². The highest BCUT2D eigenvalue weighted by molar-refractivity contribution is 7.93. The predicted octanol–water partition coefficient (Wildman–Crippen LogP) is 4.26. The zero-order chi connectivity index (χ0) is 23.6. The normalized spacial score (nSPS) is 11.3. The maximum Gasteiger partial charge on any atom is 0.265 e. The number of nitrogens with one attached hydrogen (secondary N) is 1. The van der Waals surface area contributed by atoms with E-state index in [1.54, 1.807) is 19.9 Å². The van der Waals surface area contributed by atoms with Crippen LogP contribution in [0.5, 0.6) is 17.2 Å². The van der Waals surface area contributed by atoms with E-state index in [1.807, 2.05) is 0 Å². The van der Waals surface area contributed by atoms with E-state index in [9.17, 15) is 13.2 Å². The Morgan fingerprint density at radius 3 is 2.44 bits per heavy atom. The Labute approximate surface area is 194 Å². The van der Waals surface area contributed by atoms with E-state index < -0.39 is 15.8 Å². The summed E-state index contributed by atoms with van der Waals surface area (Å²) in [6.45, 7) is 3.37. The SMILES string of the molecule is COc1cc(C)c(CC(=O)c2sccc2S(=O)(=O)Nc2onc(C)c2Cl)c(OC)c1OC. The molecule has 0 atom stereocenters. The molecule has 2 aromatic heterocycles. The molecular formula is C20H21ClN2O7S2. The molecule has 0 aliphatic heterocycles. The van der Waals surface area contributed by atoms with E-state index in [0.717, 1.165) is 16.9 Å². The number of Topliss-reactive ketones (excluding diaryl/α,β-unsaturated/α-hetero) is 1. The van der Waals surface area contributed by atoms with Gasteiger partial charge in [-0.1, -0.05) is 16.8 Å². The number of hydrogen-bond acceptors (Lipinski definition) is 9. The van der Waals surface area contributed by atoms with Crippen molar-refractivity contribution >= 4 is 44.6 Å². The van der Waals surface area contributed by atoms with Crippen molar-refractivity contribution in [1.82, 2.24) is 5.16 Å². The average molecular weight is 501 g/mol. The van der Waals surface area contributed by atoms with Gasteiger partial charge in [-0.15, -0.1) is 11.3 Å². The van der Waals surface area contributed by atoms with Crippen LogP contribution in [0.25, 0.3) is 0 Å². The van der Waals surface area contributed by atoms with Gasteiger partial charge < -0.3 is 18.7 Å². The second kappa shape index (κ2) is 9.39. The van der Waals surface area contributed by atoms with Crippen LogP contribution in [0.4, 0.5) is 5.88 Å². The number of anilines is 1. The first-order valence-electron chi connectivity index (χ1n) is 9.18. The molecule has 0 radical (unpaired) electrons. The molecule has 0 unspecified atom stereocenters. The highest BCUT2D eigenvalue weighted by atomic mass is 35.5. The average Bonchev–Trinajstić information content (AvgIpc) is 3.38. The van der Waals surface area contributed by atoms with E-state index >= 15 is 0 Å². The Hall–Kier alpha value is -2.76. The number of ether oxygens (including phenoxy) is 3. The number of carbonyl (C=O) groups excluding carboxylic acids is 1. The summed E-state index contributed by atoms with van der Waals surface area (Å²) in [5.74, 6) is 0.529. The first kappa shape index (κ1) is 23.9. The monoisotopic (exact) mass is 500 g/mol. The molecule has 0 aliphatic rings. The van der Waals surface area contributed by atoms with Crippen LogP contribution >= 0.6 is 22.9 Å². The zero-order valence-corrected chi connectivity index (χ0v) is 20.3. The summed E-state index contributed by atoms with van der Waals surface area (Å²) in [6.07, 6.45) is -0.111. The van der Waals surface area contributed by atoms with E-state index in [4.69, 9.17) is 30.3 Å². The molecule has 9 nitrogen and oxygen atoms in total. The third kappa shape index (κ3) is 4.41. The van der Waals surface area contributed by atoms with E-state index in [0.29, 0.717) is 28.5 Å². The van der Waals surface area contributed by atoms with Crippen molar-refractivity contribution in [2.45, 2.75) is 25.2 Å². The van der Waals surface area contributed by atoms with Gasteiger partial charge in [0.05, 0.1) is 26.2 Å². The lowest BCUT2D eigenvalue weighted by atomic mass is 10.00. The predicted molar refractivity (Wildman–Crippen MR) is 120 cm³/mol. The van der Waals surface area contributed by atoms with Crippen LogP contribution in [0.2, 0.25) is 5.02 Å². The summed E-state index contributed by atoms with van der Waals surface area (Å²) in [5, 5.41) is 5.19. The maximum atomic E-state index is 13.2. The summed E-state index contributed by atoms with van der Waals surface area (Å²) in [6, 6.07) is 3.07. The fourth-order valence-electron chi connectivity index (χ4n) is 3.11. The van der Waals surface area contributed by atoms with Crippen molar-refractivity contribution in [1.29, 1.82) is 0 Å². The first-order chi connectivity index (χ1) is 15.1. The van der Waals surface area contributed by atoms with E-state index in [1.165, 1.54) is 32.8 Å². The van der Waals surface area contributed by atoms with Crippen LogP contribution in [0.3, 0.4) is 0 Å². The third-order valence-electron chi connectivity index (χ3n) is 4.68. The Morgan fingerprint density at radius 1 is 1.19 bits per heavy atom. The van der Waals surface area contributed by atoms with Crippen LogP contribution in [-0.2, 0) is 16.4 Å². The number of hydrogen-bond donors (Lipinski definition) is 1. The summed E-state index contributed by atoms with van der Waals surface area (Å²) in [7, 11) is 0.271. The number of methoxy groups -OCH3 is 3. The summed E-state index contributed by atoms with van der Waals surface area (Å²) >= 11 is 7.02. The van der Waals surface area contributed by atoms with Crippen LogP contribution in [0.1, 0.15) is 26.5 Å².